The summed E-state index contributed by atoms with van der Waals surface area (Å²) < 4.78 is 29.9. The minimum atomic E-state index is -3.85. The highest BCUT2D eigenvalue weighted by Crippen LogP contribution is 2.35. The lowest BCUT2D eigenvalue weighted by Crippen LogP contribution is -2.43. The molecule has 1 amide bonds. The Bertz CT molecular complexity index is 1140. The van der Waals surface area contributed by atoms with Gasteiger partial charge in [-0.15, -0.1) is 11.3 Å². The third-order valence-corrected chi connectivity index (χ3v) is 9.34. The van der Waals surface area contributed by atoms with Crippen molar-refractivity contribution in [2.45, 2.75) is 52.5 Å². The molecule has 1 N–H and O–H groups in total. The first-order chi connectivity index (χ1) is 15.6. The van der Waals surface area contributed by atoms with E-state index in [0.29, 0.717) is 29.3 Å². The number of piperidine rings is 1. The normalized spacial score (nSPS) is 19.9. The topological polar surface area (TPSA) is 105 Å². The fourth-order valence-corrected chi connectivity index (χ4v) is 7.92. The molecule has 0 aliphatic carbocycles. The summed E-state index contributed by atoms with van der Waals surface area (Å²) in [5.74, 6) is 0.201. The van der Waals surface area contributed by atoms with E-state index in [9.17, 15) is 18.0 Å². The number of sulfonamides is 1. The molecule has 0 saturated carbocycles. The Morgan fingerprint density at radius 2 is 1.88 bits per heavy atom. The van der Waals surface area contributed by atoms with Crippen LogP contribution < -0.4 is 10.9 Å². The molecule has 0 bridgehead atoms. The fraction of sp³-hybridized carbons (Fsp3) is 0.682. The van der Waals surface area contributed by atoms with Crippen LogP contribution in [0.15, 0.2) is 16.0 Å². The maximum atomic E-state index is 13.6. The number of rotatable bonds is 9. The van der Waals surface area contributed by atoms with Crippen LogP contribution in [0, 0.1) is 18.8 Å². The zero-order valence-corrected chi connectivity index (χ0v) is 21.8. The summed E-state index contributed by atoms with van der Waals surface area (Å²) >= 11 is 1.20. The number of aryl methyl sites for hydroxylation is 1. The molecule has 9 nitrogen and oxygen atoms in total. The zero-order chi connectivity index (χ0) is 24.3. The molecule has 1 fully saturated rings. The van der Waals surface area contributed by atoms with Gasteiger partial charge in [-0.1, -0.05) is 27.7 Å². The molecule has 3 rings (SSSR count). The average Bonchev–Trinajstić information content (AvgIpc) is 3.10. The predicted molar refractivity (Wildman–Crippen MR) is 131 cm³/mol. The molecule has 2 aromatic heterocycles. The molecule has 184 valence electrons. The number of fused-ring (bicyclic) bond motifs is 1. The van der Waals surface area contributed by atoms with Gasteiger partial charge in [0.15, 0.2) is 0 Å². The minimum Gasteiger partial charge on any atom is -0.353 e. The van der Waals surface area contributed by atoms with Crippen molar-refractivity contribution in [3.8, 4) is 0 Å². The SMILES string of the molecule is CCN(CC)CCNC(=O)Cn1cnc2sc(C)c(S(=O)(=O)N3C[C@H](C)C[C@@H](C)C3)c2c1=O. The molecule has 11 heteroatoms. The molecule has 1 saturated heterocycles. The summed E-state index contributed by atoms with van der Waals surface area (Å²) in [6.45, 7) is 13.6. The molecule has 1 aliphatic rings. The Hall–Kier alpha value is -1.82. The molecular weight excluding hydrogens is 462 g/mol. The highest BCUT2D eigenvalue weighted by molar-refractivity contribution is 7.89. The third kappa shape index (κ3) is 5.64. The summed E-state index contributed by atoms with van der Waals surface area (Å²) in [5.41, 5.74) is -0.500. The van der Waals surface area contributed by atoms with E-state index >= 15 is 0 Å². The Labute approximate surface area is 199 Å². The molecular formula is C22H35N5O4S2. The van der Waals surface area contributed by atoms with Gasteiger partial charge in [0.1, 0.15) is 16.3 Å². The molecule has 1 aliphatic heterocycles. The van der Waals surface area contributed by atoms with Gasteiger partial charge in [0.2, 0.25) is 15.9 Å². The number of nitrogens with zero attached hydrogens (tertiary/aromatic N) is 4. The van der Waals surface area contributed by atoms with Crippen LogP contribution in [0.25, 0.3) is 10.2 Å². The fourth-order valence-electron chi connectivity index (χ4n) is 4.57. The summed E-state index contributed by atoms with van der Waals surface area (Å²) in [5, 5.41) is 2.91. The van der Waals surface area contributed by atoms with Crippen LogP contribution in [0.3, 0.4) is 0 Å². The van der Waals surface area contributed by atoms with Gasteiger partial charge in [-0.2, -0.15) is 4.31 Å². The summed E-state index contributed by atoms with van der Waals surface area (Å²) in [4.78, 5) is 33.2. The van der Waals surface area contributed by atoms with Crippen LogP contribution in [0.5, 0.6) is 0 Å². The number of hydrogen-bond acceptors (Lipinski definition) is 7. The van der Waals surface area contributed by atoms with Gasteiger partial charge >= 0.3 is 0 Å². The van der Waals surface area contributed by atoms with E-state index in [4.69, 9.17) is 0 Å². The second-order valence-electron chi connectivity index (χ2n) is 8.99. The Morgan fingerprint density at radius 1 is 1.24 bits per heavy atom. The molecule has 3 heterocycles. The predicted octanol–water partition coefficient (Wildman–Crippen LogP) is 1.89. The molecule has 2 aromatic rings. The van der Waals surface area contributed by atoms with Crippen molar-refractivity contribution in [1.82, 2.24) is 24.1 Å². The van der Waals surface area contributed by atoms with Gasteiger partial charge in [0.05, 0.1) is 11.7 Å². The Balaban J connectivity index is 1.88. The van der Waals surface area contributed by atoms with E-state index < -0.39 is 15.6 Å². The lowest BCUT2D eigenvalue weighted by molar-refractivity contribution is -0.121. The van der Waals surface area contributed by atoms with Crippen molar-refractivity contribution >= 4 is 37.5 Å². The maximum absolute atomic E-state index is 13.6. The summed E-state index contributed by atoms with van der Waals surface area (Å²) in [7, 11) is -3.85. The van der Waals surface area contributed by atoms with E-state index in [1.54, 1.807) is 6.92 Å². The minimum absolute atomic E-state index is 0.0394. The number of aromatic nitrogens is 2. The van der Waals surface area contributed by atoms with E-state index in [1.165, 1.54) is 26.5 Å². The van der Waals surface area contributed by atoms with Gasteiger partial charge in [-0.25, -0.2) is 13.4 Å². The number of carbonyl (C=O) groups is 1. The number of carbonyl (C=O) groups excluding carboxylic acids is 1. The second-order valence-corrected chi connectivity index (χ2v) is 12.1. The van der Waals surface area contributed by atoms with Crippen LogP contribution in [0.2, 0.25) is 0 Å². The maximum Gasteiger partial charge on any atom is 0.263 e. The lowest BCUT2D eigenvalue weighted by Gasteiger charge is -2.34. The van der Waals surface area contributed by atoms with Gasteiger partial charge < -0.3 is 10.2 Å². The van der Waals surface area contributed by atoms with E-state index in [-0.39, 0.29) is 34.6 Å². The first kappa shape index (κ1) is 25.8. The molecule has 33 heavy (non-hydrogen) atoms. The van der Waals surface area contributed by atoms with E-state index in [1.807, 2.05) is 13.8 Å². The summed E-state index contributed by atoms with van der Waals surface area (Å²) in [6.07, 6.45) is 2.30. The number of nitrogens with one attached hydrogen (secondary N) is 1. The van der Waals surface area contributed by atoms with Crippen LogP contribution in [0.4, 0.5) is 0 Å². The third-order valence-electron chi connectivity index (χ3n) is 6.19. The second kappa shape index (κ2) is 10.6. The summed E-state index contributed by atoms with van der Waals surface area (Å²) in [6, 6.07) is 0. The van der Waals surface area contributed by atoms with Crippen molar-refractivity contribution in [2.75, 3.05) is 39.3 Å². The highest BCUT2D eigenvalue weighted by Gasteiger charge is 2.35. The molecule has 0 unspecified atom stereocenters. The van der Waals surface area contributed by atoms with Crippen LogP contribution in [-0.4, -0.2) is 72.3 Å². The number of thiophene rings is 1. The number of amides is 1. The van der Waals surface area contributed by atoms with Gasteiger partial charge in [0.25, 0.3) is 5.56 Å². The molecule has 0 aromatic carbocycles. The standard InChI is InChI=1S/C22H35N5O4S2/c1-6-25(7-2)9-8-23-18(28)13-26-14-24-21-19(22(26)29)20(17(5)32-21)33(30,31)27-11-15(3)10-16(4)12-27/h14-16H,6-13H2,1-5H3,(H,23,28)/t15-,16-/m1/s1. The van der Waals surface area contributed by atoms with E-state index in [0.717, 1.165) is 26.1 Å². The van der Waals surface area contributed by atoms with Crippen molar-refractivity contribution in [2.24, 2.45) is 11.8 Å². The van der Waals surface area contributed by atoms with Crippen molar-refractivity contribution in [1.29, 1.82) is 0 Å². The Morgan fingerprint density at radius 3 is 2.48 bits per heavy atom. The van der Waals surface area contributed by atoms with Gasteiger partial charge in [0, 0.05) is 31.1 Å². The number of likely N-dealkylation sites (N-methyl/N-ethyl adjacent to an activating group) is 1. The first-order valence-corrected chi connectivity index (χ1v) is 13.8. The van der Waals surface area contributed by atoms with Crippen LogP contribution >= 0.6 is 11.3 Å². The van der Waals surface area contributed by atoms with Gasteiger partial charge in [-0.3, -0.25) is 14.2 Å². The highest BCUT2D eigenvalue weighted by atomic mass is 32.2. The average molecular weight is 498 g/mol. The molecule has 0 spiro atoms. The zero-order valence-electron chi connectivity index (χ0n) is 20.1. The van der Waals surface area contributed by atoms with E-state index in [2.05, 4.69) is 29.0 Å². The first-order valence-electron chi connectivity index (χ1n) is 11.6. The quantitative estimate of drug-likeness (QED) is 0.567. The van der Waals surface area contributed by atoms with Crippen molar-refractivity contribution < 1.29 is 13.2 Å². The smallest absolute Gasteiger partial charge is 0.263 e. The largest absolute Gasteiger partial charge is 0.353 e. The molecule has 0 radical (unpaired) electrons. The number of hydrogen-bond donors (Lipinski definition) is 1. The van der Waals surface area contributed by atoms with Crippen molar-refractivity contribution in [3.63, 3.8) is 0 Å². The Kier molecular flexibility index (Phi) is 8.31. The van der Waals surface area contributed by atoms with Crippen LogP contribution in [-0.2, 0) is 21.4 Å². The van der Waals surface area contributed by atoms with Crippen LogP contribution in [0.1, 0.15) is 39.0 Å². The van der Waals surface area contributed by atoms with Gasteiger partial charge in [-0.05, 0) is 38.3 Å². The lowest BCUT2D eigenvalue weighted by atomic mass is 9.94. The molecule has 2 atom stereocenters. The van der Waals surface area contributed by atoms with Crippen molar-refractivity contribution in [3.05, 3.63) is 21.6 Å². The monoisotopic (exact) mass is 497 g/mol.